The number of methoxy groups -OCH3 is 1. The van der Waals surface area contributed by atoms with Crippen LogP contribution in [0.15, 0.2) is 10.1 Å². The first kappa shape index (κ1) is 9.15. The van der Waals surface area contributed by atoms with Crippen molar-refractivity contribution in [3.63, 3.8) is 0 Å². The van der Waals surface area contributed by atoms with Crippen LogP contribution < -0.4 is 0 Å². The van der Waals surface area contributed by atoms with Crippen molar-refractivity contribution in [3.8, 4) is 0 Å². The molecule has 2 heterocycles. The lowest BCUT2D eigenvalue weighted by Crippen LogP contribution is -2.26. The van der Waals surface area contributed by atoms with E-state index >= 15 is 0 Å². The Hall–Kier alpha value is -0.420. The third-order valence-corrected chi connectivity index (χ3v) is 3.25. The molecule has 0 aliphatic carbocycles. The first-order valence-electron chi connectivity index (χ1n) is 3.92. The maximum absolute atomic E-state index is 13.2. The fourth-order valence-electron chi connectivity index (χ4n) is 1.69. The highest BCUT2D eigenvalue weighted by molar-refractivity contribution is 9.11. The fourth-order valence-corrected chi connectivity index (χ4v) is 2.37. The molecule has 0 aromatic heterocycles. The molecule has 3 unspecified atom stereocenters. The maximum Gasteiger partial charge on any atom is 0.337 e. The first-order valence-corrected chi connectivity index (χ1v) is 4.72. The largest absolute Gasteiger partial charge is 0.466 e. The van der Waals surface area contributed by atoms with E-state index in [2.05, 4.69) is 20.7 Å². The summed E-state index contributed by atoms with van der Waals surface area (Å²) in [5.74, 6) is -0.512. The van der Waals surface area contributed by atoms with E-state index in [1.165, 1.54) is 7.11 Å². The van der Waals surface area contributed by atoms with Crippen LogP contribution in [0.4, 0.5) is 4.39 Å². The van der Waals surface area contributed by atoms with Crippen molar-refractivity contribution in [2.24, 2.45) is 0 Å². The summed E-state index contributed by atoms with van der Waals surface area (Å²) in [6.07, 6.45) is -1.78. The molecule has 0 spiro atoms. The number of hydrogen-bond donors (Lipinski definition) is 0. The van der Waals surface area contributed by atoms with Crippen LogP contribution in [-0.4, -0.2) is 31.5 Å². The van der Waals surface area contributed by atoms with Crippen molar-refractivity contribution >= 4 is 21.9 Å². The third-order valence-electron chi connectivity index (χ3n) is 2.31. The number of hydrogen-bond acceptors (Lipinski definition) is 3. The van der Waals surface area contributed by atoms with Gasteiger partial charge < -0.3 is 9.47 Å². The molecule has 3 nitrogen and oxygen atoms in total. The minimum Gasteiger partial charge on any atom is -0.466 e. The molecular formula is C8H8BrFO3. The van der Waals surface area contributed by atoms with Gasteiger partial charge >= 0.3 is 5.97 Å². The summed E-state index contributed by atoms with van der Waals surface area (Å²) in [5.41, 5.74) is 0.297. The Morgan fingerprint density at radius 2 is 2.46 bits per heavy atom. The number of carbonyl (C=O) groups excluding carboxylic acids is 1. The van der Waals surface area contributed by atoms with Crippen molar-refractivity contribution < 1.29 is 18.7 Å². The Morgan fingerprint density at radius 3 is 3.00 bits per heavy atom. The quantitative estimate of drug-likeness (QED) is 0.659. The fraction of sp³-hybridized carbons (Fsp3) is 0.625. The summed E-state index contributed by atoms with van der Waals surface area (Å²) in [7, 11) is 1.27. The molecule has 2 rings (SSSR count). The number of rotatable bonds is 1. The minimum atomic E-state index is -1.08. The zero-order valence-corrected chi connectivity index (χ0v) is 8.51. The zero-order chi connectivity index (χ0) is 9.59. The molecule has 0 saturated carbocycles. The van der Waals surface area contributed by atoms with Gasteiger partial charge in [-0.25, -0.2) is 9.18 Å². The van der Waals surface area contributed by atoms with Gasteiger partial charge in [0.05, 0.1) is 18.8 Å². The number of esters is 1. The molecule has 5 heteroatoms. The number of halogens is 2. The van der Waals surface area contributed by atoms with Crippen LogP contribution in [0.2, 0.25) is 0 Å². The number of ether oxygens (including phenoxy) is 2. The zero-order valence-electron chi connectivity index (χ0n) is 6.92. The van der Waals surface area contributed by atoms with Crippen LogP contribution in [0.1, 0.15) is 6.42 Å². The number of carbonyl (C=O) groups is 1. The lowest BCUT2D eigenvalue weighted by atomic mass is 9.98. The summed E-state index contributed by atoms with van der Waals surface area (Å²) >= 11 is 3.22. The summed E-state index contributed by atoms with van der Waals surface area (Å²) < 4.78 is 23.6. The van der Waals surface area contributed by atoms with E-state index in [1.54, 1.807) is 0 Å². The van der Waals surface area contributed by atoms with Gasteiger partial charge in [0.1, 0.15) is 12.3 Å². The van der Waals surface area contributed by atoms with E-state index in [0.717, 1.165) is 0 Å². The smallest absolute Gasteiger partial charge is 0.337 e. The predicted octanol–water partition coefficient (Wildman–Crippen LogP) is 1.32. The Morgan fingerprint density at radius 1 is 1.77 bits per heavy atom. The molecule has 72 valence electrons. The maximum atomic E-state index is 13.2. The van der Waals surface area contributed by atoms with Crippen LogP contribution in [0.5, 0.6) is 0 Å². The summed E-state index contributed by atoms with van der Waals surface area (Å²) in [6, 6.07) is 0. The third kappa shape index (κ3) is 1.21. The van der Waals surface area contributed by atoms with E-state index < -0.39 is 18.2 Å². The molecule has 2 aliphatic rings. The average molecular weight is 251 g/mol. The Balaban J connectivity index is 2.32. The van der Waals surface area contributed by atoms with Gasteiger partial charge in [0, 0.05) is 10.9 Å². The standard InChI is InChI=1S/C8H8BrFO3/c1-12-8(11)5-6(9)4-2-3(10)7(5)13-4/h3-4,7H,2H2,1H3. The van der Waals surface area contributed by atoms with Crippen LogP contribution in [0, 0.1) is 0 Å². The highest BCUT2D eigenvalue weighted by atomic mass is 79.9. The molecule has 0 aromatic rings. The SMILES string of the molecule is COC(=O)C1=C(Br)C2CC(F)C1O2. The monoisotopic (exact) mass is 250 g/mol. The second-order valence-corrected chi connectivity index (χ2v) is 3.90. The van der Waals surface area contributed by atoms with Crippen molar-refractivity contribution in [1.29, 1.82) is 0 Å². The predicted molar refractivity (Wildman–Crippen MR) is 46.1 cm³/mol. The lowest BCUT2D eigenvalue weighted by Gasteiger charge is -2.13. The molecule has 13 heavy (non-hydrogen) atoms. The van der Waals surface area contributed by atoms with Gasteiger partial charge in [-0.05, 0) is 0 Å². The topological polar surface area (TPSA) is 35.5 Å². The second kappa shape index (κ2) is 3.06. The molecule has 1 fully saturated rings. The van der Waals surface area contributed by atoms with E-state index in [4.69, 9.17) is 4.74 Å². The summed E-state index contributed by atoms with van der Waals surface area (Å²) in [4.78, 5) is 11.2. The van der Waals surface area contributed by atoms with Crippen LogP contribution in [-0.2, 0) is 14.3 Å². The average Bonchev–Trinajstić information content (AvgIpc) is 2.60. The molecule has 0 aromatic carbocycles. The van der Waals surface area contributed by atoms with E-state index in [1.807, 2.05) is 0 Å². The molecule has 0 radical (unpaired) electrons. The van der Waals surface area contributed by atoms with E-state index in [0.29, 0.717) is 16.5 Å². The van der Waals surface area contributed by atoms with Crippen LogP contribution in [0.3, 0.4) is 0 Å². The molecule has 2 bridgehead atoms. The minimum absolute atomic E-state index is 0.297. The van der Waals surface area contributed by atoms with Crippen molar-refractivity contribution in [3.05, 3.63) is 10.1 Å². The summed E-state index contributed by atoms with van der Waals surface area (Å²) in [6.45, 7) is 0. The Bertz CT molecular complexity index is 289. The van der Waals surface area contributed by atoms with E-state index in [9.17, 15) is 9.18 Å². The second-order valence-electron chi connectivity index (χ2n) is 3.05. The van der Waals surface area contributed by atoms with Gasteiger partial charge in [-0.15, -0.1) is 0 Å². The normalized spacial score (nSPS) is 37.0. The van der Waals surface area contributed by atoms with Crippen LogP contribution >= 0.6 is 15.9 Å². The molecule has 0 N–H and O–H groups in total. The van der Waals surface area contributed by atoms with Gasteiger partial charge in [-0.3, -0.25) is 0 Å². The molecule has 3 atom stereocenters. The van der Waals surface area contributed by atoms with E-state index in [-0.39, 0.29) is 6.10 Å². The van der Waals surface area contributed by atoms with Gasteiger partial charge in [0.15, 0.2) is 0 Å². The van der Waals surface area contributed by atoms with Gasteiger partial charge in [-0.2, -0.15) is 0 Å². The van der Waals surface area contributed by atoms with Gasteiger partial charge in [0.25, 0.3) is 0 Å². The van der Waals surface area contributed by atoms with Crippen molar-refractivity contribution in [2.75, 3.05) is 7.11 Å². The van der Waals surface area contributed by atoms with Gasteiger partial charge in [-0.1, -0.05) is 15.9 Å². The highest BCUT2D eigenvalue weighted by Gasteiger charge is 2.49. The number of alkyl halides is 1. The summed E-state index contributed by atoms with van der Waals surface area (Å²) in [5, 5.41) is 0. The highest BCUT2D eigenvalue weighted by Crippen LogP contribution is 2.43. The number of fused-ring (bicyclic) bond motifs is 2. The Labute approximate surface area is 83.0 Å². The van der Waals surface area contributed by atoms with Gasteiger partial charge in [0.2, 0.25) is 0 Å². The first-order chi connectivity index (χ1) is 6.15. The molecule has 1 saturated heterocycles. The molecular weight excluding hydrogens is 243 g/mol. The molecule has 0 amide bonds. The van der Waals surface area contributed by atoms with Crippen molar-refractivity contribution in [1.82, 2.24) is 0 Å². The van der Waals surface area contributed by atoms with Crippen molar-refractivity contribution in [2.45, 2.75) is 24.8 Å². The Kier molecular flexibility index (Phi) is 2.15. The van der Waals surface area contributed by atoms with Crippen LogP contribution in [0.25, 0.3) is 0 Å². The molecule has 2 aliphatic heterocycles. The lowest BCUT2D eigenvalue weighted by molar-refractivity contribution is -0.137.